The molecular formula is C57H47N9O27S4. The molecule has 0 bridgehead atoms. The number of hydrogen-bond acceptors (Lipinski definition) is 26. The number of amides is 2. The minimum Gasteiger partial charge on any atom is -0.491 e. The first-order valence-electron chi connectivity index (χ1n) is 26.4. The maximum atomic E-state index is 13.3. The lowest BCUT2D eigenvalue weighted by atomic mass is 9.92. The minimum atomic E-state index is -5.12. The SMILES string of the molecule is N=c1ccc2c(-c3cccc(C(=O)O)c3)c3ccc(N)c(S(=O)(=O)O)c3oc-2c1S(=O)(=O)O.O=C=O.O=C=O.[N-]=[N+]=NC(COc1cccc(C(=O)NCCNC(=O)c2cccc(-c3c4ccc(=N)c(S(=O)(=O)O)c-4oc4c(S(=O)(=O)O)c(N)ccc34)c2)c1)OCCOCC(=O)O. The number of carboxylic acids is 2. The van der Waals surface area contributed by atoms with Gasteiger partial charge in [-0.25, -0.2) is 9.59 Å². The molecule has 5 aromatic carbocycles. The van der Waals surface area contributed by atoms with E-state index in [4.69, 9.17) is 75.1 Å². The van der Waals surface area contributed by atoms with Crippen LogP contribution in [0.15, 0.2) is 155 Å². The van der Waals surface area contributed by atoms with E-state index in [9.17, 15) is 76.2 Å². The molecule has 2 aliphatic heterocycles. The Morgan fingerprint density at radius 2 is 0.990 bits per heavy atom. The highest BCUT2D eigenvalue weighted by Crippen LogP contribution is 2.47. The maximum Gasteiger partial charge on any atom is 0.373 e. The topological polar surface area (TPSA) is 621 Å². The molecule has 2 heterocycles. The Hall–Kier alpha value is -11.6. The summed E-state index contributed by atoms with van der Waals surface area (Å²) in [5, 5.41) is 41.6. The highest BCUT2D eigenvalue weighted by atomic mass is 32.2. The number of azide groups is 1. The van der Waals surface area contributed by atoms with Crippen molar-refractivity contribution in [3.8, 4) is 50.7 Å². The van der Waals surface area contributed by atoms with Crippen LogP contribution in [0.2, 0.25) is 0 Å². The van der Waals surface area contributed by atoms with E-state index >= 15 is 0 Å². The predicted molar refractivity (Wildman–Crippen MR) is 327 cm³/mol. The van der Waals surface area contributed by atoms with Crippen molar-refractivity contribution >= 4 is 110 Å². The quantitative estimate of drug-likeness (QED) is 0.00853. The summed E-state index contributed by atoms with van der Waals surface area (Å²) in [6, 6.07) is 27.2. The number of ether oxygens (including phenoxy) is 3. The lowest BCUT2D eigenvalue weighted by Crippen LogP contribution is -2.34. The van der Waals surface area contributed by atoms with Gasteiger partial charge in [0.25, 0.3) is 52.3 Å². The number of nitrogens with one attached hydrogen (secondary N) is 4. The van der Waals surface area contributed by atoms with Crippen molar-refractivity contribution < 1.29 is 123 Å². The maximum absolute atomic E-state index is 13.3. The Kier molecular flexibility index (Phi) is 24.2. The average molecular weight is 1420 g/mol. The zero-order valence-electron chi connectivity index (χ0n) is 48.8. The van der Waals surface area contributed by atoms with E-state index in [-0.39, 0.29) is 112 Å². The zero-order valence-corrected chi connectivity index (χ0v) is 52.0. The van der Waals surface area contributed by atoms with Crippen LogP contribution < -0.4 is 37.6 Å². The second-order valence-electron chi connectivity index (χ2n) is 19.2. The molecule has 2 aliphatic carbocycles. The Morgan fingerprint density at radius 1 is 0.577 bits per heavy atom. The van der Waals surface area contributed by atoms with Gasteiger partial charge in [-0.15, -0.1) is 0 Å². The Balaban J connectivity index is 0.000000320. The normalized spacial score (nSPS) is 11.6. The number of anilines is 2. The van der Waals surface area contributed by atoms with Crippen molar-refractivity contribution in [2.75, 3.05) is 51.0 Å². The molecule has 0 aromatic heterocycles. The van der Waals surface area contributed by atoms with E-state index in [0.717, 1.165) is 12.1 Å². The van der Waals surface area contributed by atoms with Crippen molar-refractivity contribution in [3.63, 3.8) is 0 Å². The van der Waals surface area contributed by atoms with Crippen molar-refractivity contribution in [2.24, 2.45) is 5.11 Å². The van der Waals surface area contributed by atoms with Gasteiger partial charge in [0, 0.05) is 62.2 Å². The molecule has 36 nitrogen and oxygen atoms in total. The zero-order chi connectivity index (χ0) is 71.9. The molecule has 97 heavy (non-hydrogen) atoms. The standard InChI is InChI=1S/C35H33N7O14S2.C20H14N2O9S2.2CO2/c36-25-9-7-23-29(24-8-10-26(37)33(58(50,51)52)31(24)56-30(23)32(25)57(47,48)49)19-3-1-4-20(15-19)34(45)39-11-12-40-35(46)21-5-2-6-22(16-21)55-17-27(41-42-38)54-14-13-53-18-28(43)44;21-13-6-4-11-15(9-2-1-3-10(8-9)20(23)24)12-5-7-14(22)19(33(28,29)30)17(12)31-16(11)18(13)32(25,26)27;2*2-1-3/h1-10,15-16,27,36H,11-14,17-18,37H2,(H,39,45)(H,40,46)(H,43,44)(H,47,48,49)(H,50,51,52);1-8,21H,22H2,(H,23,24)(H,25,26,27)(H,28,29,30);;. The van der Waals surface area contributed by atoms with Crippen molar-refractivity contribution in [1.82, 2.24) is 10.6 Å². The molecule has 14 N–H and O–H groups in total. The highest BCUT2D eigenvalue weighted by molar-refractivity contribution is 7.87. The van der Waals surface area contributed by atoms with Gasteiger partial charge in [0.05, 0.1) is 40.9 Å². The van der Waals surface area contributed by atoms with E-state index in [0.29, 0.717) is 0 Å². The van der Waals surface area contributed by atoms with Crippen LogP contribution in [0.1, 0.15) is 31.1 Å². The van der Waals surface area contributed by atoms with E-state index in [1.165, 1.54) is 97.1 Å². The third-order valence-corrected chi connectivity index (χ3v) is 16.7. The first-order chi connectivity index (χ1) is 45.6. The number of hydrogen-bond donors (Lipinski definition) is 12. The van der Waals surface area contributed by atoms with Gasteiger partial charge in [-0.1, -0.05) is 35.4 Å². The lowest BCUT2D eigenvalue weighted by Gasteiger charge is -2.19. The van der Waals surface area contributed by atoms with Gasteiger partial charge in [0.1, 0.15) is 19.0 Å². The van der Waals surface area contributed by atoms with Crippen LogP contribution >= 0.6 is 0 Å². The molecule has 40 heteroatoms. The van der Waals surface area contributed by atoms with Gasteiger partial charge < -0.3 is 55.4 Å². The molecule has 0 spiro atoms. The van der Waals surface area contributed by atoms with Crippen molar-refractivity contribution in [1.29, 1.82) is 10.8 Å². The number of carboxylic acid groups (broad SMARTS) is 2. The predicted octanol–water partition coefficient (Wildman–Crippen LogP) is 4.34. The van der Waals surface area contributed by atoms with Crippen molar-refractivity contribution in [2.45, 2.75) is 25.8 Å². The lowest BCUT2D eigenvalue weighted by molar-refractivity contribution is -0.193. The highest BCUT2D eigenvalue weighted by Gasteiger charge is 2.33. The van der Waals surface area contributed by atoms with E-state index in [2.05, 4.69) is 20.7 Å². The molecule has 1 atom stereocenters. The van der Waals surface area contributed by atoms with Gasteiger partial charge in [0.15, 0.2) is 48.5 Å². The molecule has 9 rings (SSSR count). The molecule has 0 saturated heterocycles. The second kappa shape index (κ2) is 31.5. The van der Waals surface area contributed by atoms with E-state index in [1.54, 1.807) is 12.1 Å². The second-order valence-corrected chi connectivity index (χ2v) is 24.6. The van der Waals surface area contributed by atoms with Crippen LogP contribution in [0.25, 0.3) is 77.3 Å². The smallest absolute Gasteiger partial charge is 0.373 e. The first kappa shape index (κ1) is 74.4. The van der Waals surface area contributed by atoms with Crippen LogP contribution in [0.5, 0.6) is 5.75 Å². The fourth-order valence-electron chi connectivity index (χ4n) is 9.28. The number of nitrogens with two attached hydrogens (primary N) is 2. The number of aliphatic carboxylic acids is 1. The molecule has 5 aromatic rings. The minimum absolute atomic E-state index is 0.000753. The Morgan fingerprint density at radius 3 is 1.40 bits per heavy atom. The largest absolute Gasteiger partial charge is 0.491 e. The van der Waals surface area contributed by atoms with Crippen LogP contribution in [0, 0.1) is 10.8 Å². The number of fused-ring (bicyclic) bond motifs is 4. The summed E-state index contributed by atoms with van der Waals surface area (Å²) in [6.07, 6.45) is -0.575. The number of carbonyl (C=O) groups excluding carboxylic acids is 6. The monoisotopic (exact) mass is 1420 g/mol. The number of nitrogen functional groups attached to an aromatic ring is 2. The van der Waals surface area contributed by atoms with Crippen molar-refractivity contribution in [3.05, 3.63) is 159 Å². The van der Waals surface area contributed by atoms with Gasteiger partial charge >= 0.3 is 24.2 Å². The van der Waals surface area contributed by atoms with Gasteiger partial charge in [-0.3, -0.25) is 38.6 Å². The molecule has 1 unspecified atom stereocenters. The molecular weight excluding hydrogens is 1370 g/mol. The molecule has 0 saturated carbocycles. The first-order valence-corrected chi connectivity index (χ1v) is 32.2. The summed E-state index contributed by atoms with van der Waals surface area (Å²) in [5.41, 5.74) is 19.4. The summed E-state index contributed by atoms with van der Waals surface area (Å²) in [7, 11) is -20.2. The summed E-state index contributed by atoms with van der Waals surface area (Å²) < 4.78 is 164. The Bertz CT molecular complexity index is 5250. The third-order valence-electron chi connectivity index (χ3n) is 13.0. The number of carbonyl (C=O) groups is 4. The van der Waals surface area contributed by atoms with E-state index < -0.39 is 141 Å². The summed E-state index contributed by atoms with van der Waals surface area (Å²) in [4.78, 5) is 79.7. The van der Waals surface area contributed by atoms with E-state index in [1.807, 2.05) is 0 Å². The fraction of sp³-hybridized carbons (Fsp3) is 0.123. The van der Waals surface area contributed by atoms with Gasteiger partial charge in [0.2, 0.25) is 0 Å². The molecule has 506 valence electrons. The molecule has 0 radical (unpaired) electrons. The van der Waals surface area contributed by atoms with Crippen LogP contribution in [0.4, 0.5) is 11.4 Å². The number of aromatic carboxylic acids is 1. The summed E-state index contributed by atoms with van der Waals surface area (Å²) in [5.74, 6) is -4.46. The van der Waals surface area contributed by atoms with Gasteiger partial charge in [-0.05, 0) is 108 Å². The van der Waals surface area contributed by atoms with Crippen LogP contribution in [0.3, 0.4) is 0 Å². The molecule has 0 fully saturated rings. The average Bonchev–Trinajstić information content (AvgIpc) is 0.733. The Labute approximate surface area is 543 Å². The molecule has 2 amide bonds. The number of benzene rings is 7. The summed E-state index contributed by atoms with van der Waals surface area (Å²) >= 11 is 0. The number of rotatable bonds is 22. The van der Waals surface area contributed by atoms with Crippen LogP contribution in [-0.4, -0.2) is 144 Å². The summed E-state index contributed by atoms with van der Waals surface area (Å²) in [6.45, 7) is -0.951. The third kappa shape index (κ3) is 18.2. The van der Waals surface area contributed by atoms with Crippen LogP contribution in [-0.2, 0) is 73.9 Å². The number of nitrogens with zero attached hydrogens (tertiary/aromatic N) is 3. The fourth-order valence-corrected chi connectivity index (χ4v) is 12.3. The van der Waals surface area contributed by atoms with Gasteiger partial charge in [-0.2, -0.15) is 52.8 Å². The molecule has 4 aliphatic rings.